The largest absolute Gasteiger partial charge is 0.324 e. The van der Waals surface area contributed by atoms with E-state index in [1.165, 1.54) is 16.3 Å². The number of nitrogens with zero attached hydrogens (tertiary/aromatic N) is 3. The summed E-state index contributed by atoms with van der Waals surface area (Å²) in [6.45, 7) is 20.1. The van der Waals surface area contributed by atoms with Crippen LogP contribution in [0, 0.1) is 0 Å². The lowest BCUT2D eigenvalue weighted by Gasteiger charge is -2.26. The van der Waals surface area contributed by atoms with Crippen LogP contribution < -0.4 is 5.32 Å². The third-order valence-corrected chi connectivity index (χ3v) is 8.52. The predicted octanol–water partition coefficient (Wildman–Crippen LogP) is 11.1. The van der Waals surface area contributed by atoms with Crippen LogP contribution in [0.15, 0.2) is 97.2 Å². The molecule has 0 amide bonds. The number of hydrogen-bond donors (Lipinski definition) is 1. The Bertz CT molecular complexity index is 2030. The molecule has 3 aromatic heterocycles. The molecule has 4 heteroatoms. The van der Waals surface area contributed by atoms with Crippen LogP contribution in [0.5, 0.6) is 0 Å². The Kier molecular flexibility index (Phi) is 7.51. The molecule has 4 nitrogen and oxygen atoms in total. The summed E-state index contributed by atoms with van der Waals surface area (Å²) in [6, 6.07) is 32.4. The number of hydrogen-bond acceptors (Lipinski definition) is 4. The van der Waals surface area contributed by atoms with Gasteiger partial charge in [0.1, 0.15) is 11.6 Å². The van der Waals surface area contributed by atoms with Gasteiger partial charge in [0.25, 0.3) is 0 Å². The van der Waals surface area contributed by atoms with Crippen molar-refractivity contribution in [2.45, 2.75) is 78.6 Å². The Morgan fingerprint density at radius 1 is 0.467 bits per heavy atom. The molecule has 0 aliphatic heterocycles. The molecule has 6 rings (SSSR count). The van der Waals surface area contributed by atoms with Crippen molar-refractivity contribution in [1.29, 1.82) is 0 Å². The van der Waals surface area contributed by atoms with Gasteiger partial charge in [0.15, 0.2) is 0 Å². The van der Waals surface area contributed by atoms with E-state index in [4.69, 9.17) is 15.0 Å². The molecule has 6 aromatic rings. The van der Waals surface area contributed by atoms with Crippen LogP contribution in [-0.4, -0.2) is 15.0 Å². The van der Waals surface area contributed by atoms with E-state index in [1.54, 1.807) is 0 Å². The minimum atomic E-state index is -0.135. The Hall–Kier alpha value is -4.57. The van der Waals surface area contributed by atoms with E-state index in [-0.39, 0.29) is 16.2 Å². The van der Waals surface area contributed by atoms with E-state index < -0.39 is 0 Å². The fraction of sp³-hybridized carbons (Fsp3) is 0.293. The van der Waals surface area contributed by atoms with Crippen molar-refractivity contribution in [3.63, 3.8) is 0 Å². The quantitative estimate of drug-likeness (QED) is 0.207. The van der Waals surface area contributed by atoms with Crippen LogP contribution in [-0.2, 0) is 16.2 Å². The SMILES string of the molecule is CC(C)(C)c1cccc(-c2ccc(C(C)(C)C)c(Nc3nc(-c4cc5cc6ccccc6cc5cn4)ccc3C(C)(C)C)n2)c1. The van der Waals surface area contributed by atoms with Crippen LogP contribution in [0.25, 0.3) is 44.2 Å². The van der Waals surface area contributed by atoms with Gasteiger partial charge in [-0.2, -0.15) is 0 Å². The zero-order chi connectivity index (χ0) is 32.1. The first-order chi connectivity index (χ1) is 21.2. The Labute approximate surface area is 268 Å². The fourth-order valence-corrected chi connectivity index (χ4v) is 5.86. The third kappa shape index (κ3) is 6.33. The molecule has 0 aliphatic rings. The molecule has 0 saturated carbocycles. The first-order valence-electron chi connectivity index (χ1n) is 15.9. The number of rotatable bonds is 4. The third-order valence-electron chi connectivity index (χ3n) is 8.52. The van der Waals surface area contributed by atoms with Crippen molar-refractivity contribution in [1.82, 2.24) is 15.0 Å². The van der Waals surface area contributed by atoms with E-state index in [0.29, 0.717) is 0 Å². The maximum Gasteiger partial charge on any atom is 0.136 e. The number of pyridine rings is 3. The van der Waals surface area contributed by atoms with Gasteiger partial charge in [-0.1, -0.05) is 117 Å². The molecule has 0 atom stereocenters. The molecule has 0 aliphatic carbocycles. The normalized spacial score (nSPS) is 12.6. The van der Waals surface area contributed by atoms with E-state index in [2.05, 4.69) is 159 Å². The molecule has 3 aromatic carbocycles. The molecule has 0 bridgehead atoms. The van der Waals surface area contributed by atoms with Crippen molar-refractivity contribution in [2.24, 2.45) is 0 Å². The van der Waals surface area contributed by atoms with Gasteiger partial charge in [0, 0.05) is 28.3 Å². The molecule has 3 heterocycles. The zero-order valence-electron chi connectivity index (χ0n) is 28.1. The summed E-state index contributed by atoms with van der Waals surface area (Å²) < 4.78 is 0. The van der Waals surface area contributed by atoms with Crippen LogP contribution in [0.1, 0.15) is 79.0 Å². The van der Waals surface area contributed by atoms with Crippen molar-refractivity contribution in [3.05, 3.63) is 114 Å². The fourth-order valence-electron chi connectivity index (χ4n) is 5.86. The lowest BCUT2D eigenvalue weighted by molar-refractivity contribution is 0.586. The average Bonchev–Trinajstić information content (AvgIpc) is 2.98. The van der Waals surface area contributed by atoms with Gasteiger partial charge in [0.05, 0.1) is 17.1 Å². The van der Waals surface area contributed by atoms with Crippen LogP contribution in [0.4, 0.5) is 11.6 Å². The number of nitrogens with one attached hydrogen (secondary N) is 1. The number of benzene rings is 3. The Morgan fingerprint density at radius 3 is 1.64 bits per heavy atom. The average molecular weight is 593 g/mol. The van der Waals surface area contributed by atoms with Crippen LogP contribution in [0.3, 0.4) is 0 Å². The summed E-state index contributed by atoms with van der Waals surface area (Å²) in [6.07, 6.45) is 1.96. The van der Waals surface area contributed by atoms with Crippen LogP contribution in [0.2, 0.25) is 0 Å². The van der Waals surface area contributed by atoms with Crippen LogP contribution >= 0.6 is 0 Å². The smallest absolute Gasteiger partial charge is 0.136 e. The van der Waals surface area contributed by atoms with Gasteiger partial charge in [-0.3, -0.25) is 4.98 Å². The van der Waals surface area contributed by atoms with E-state index in [0.717, 1.165) is 56.2 Å². The van der Waals surface area contributed by atoms with Gasteiger partial charge in [-0.25, -0.2) is 9.97 Å². The Morgan fingerprint density at radius 2 is 1.04 bits per heavy atom. The second kappa shape index (κ2) is 11.1. The molecule has 228 valence electrons. The minimum Gasteiger partial charge on any atom is -0.324 e. The van der Waals surface area contributed by atoms with Crippen molar-refractivity contribution in [3.8, 4) is 22.6 Å². The van der Waals surface area contributed by atoms with E-state index in [9.17, 15) is 0 Å². The molecule has 0 unspecified atom stereocenters. The highest BCUT2D eigenvalue weighted by Gasteiger charge is 2.25. The van der Waals surface area contributed by atoms with Crippen molar-refractivity contribution < 1.29 is 0 Å². The zero-order valence-corrected chi connectivity index (χ0v) is 28.1. The molecule has 45 heavy (non-hydrogen) atoms. The highest BCUT2D eigenvalue weighted by molar-refractivity contribution is 5.98. The van der Waals surface area contributed by atoms with Crippen molar-refractivity contribution >= 4 is 33.2 Å². The van der Waals surface area contributed by atoms with E-state index in [1.807, 2.05) is 6.20 Å². The maximum absolute atomic E-state index is 5.26. The number of anilines is 2. The first kappa shape index (κ1) is 30.5. The second-order valence-electron chi connectivity index (χ2n) is 15.3. The summed E-state index contributed by atoms with van der Waals surface area (Å²) in [4.78, 5) is 15.3. The first-order valence-corrected chi connectivity index (χ1v) is 15.9. The minimum absolute atomic E-state index is 0.0539. The standard InChI is InChI=1S/C41H44N4/c1-39(2,3)31-16-12-15-28(23-31)34-19-17-32(40(4,5)6)37(43-34)45-38-33(41(7,8)9)18-20-35(44-38)36-24-29-21-26-13-10-11-14-27(26)22-30(29)25-42-36/h10-25H,1-9H3,(H,43,44,45). The lowest BCUT2D eigenvalue weighted by Crippen LogP contribution is -2.18. The molecule has 0 radical (unpaired) electrons. The molecular formula is C41H44N4. The summed E-state index contributed by atoms with van der Waals surface area (Å²) in [5.74, 6) is 1.63. The summed E-state index contributed by atoms with van der Waals surface area (Å²) in [7, 11) is 0. The van der Waals surface area contributed by atoms with Gasteiger partial charge >= 0.3 is 0 Å². The highest BCUT2D eigenvalue weighted by atomic mass is 15.1. The number of aromatic nitrogens is 3. The molecule has 1 N–H and O–H groups in total. The predicted molar refractivity (Wildman–Crippen MR) is 192 cm³/mol. The van der Waals surface area contributed by atoms with Gasteiger partial charge in [-0.15, -0.1) is 0 Å². The van der Waals surface area contributed by atoms with Gasteiger partial charge < -0.3 is 5.32 Å². The summed E-state index contributed by atoms with van der Waals surface area (Å²) >= 11 is 0. The van der Waals surface area contributed by atoms with Gasteiger partial charge in [-0.05, 0) is 74.4 Å². The molecule has 0 fully saturated rings. The topological polar surface area (TPSA) is 50.7 Å². The Balaban J connectivity index is 1.46. The lowest BCUT2D eigenvalue weighted by atomic mass is 9.85. The monoisotopic (exact) mass is 592 g/mol. The summed E-state index contributed by atoms with van der Waals surface area (Å²) in [5, 5.41) is 8.43. The molecular weight excluding hydrogens is 548 g/mol. The highest BCUT2D eigenvalue weighted by Crippen LogP contribution is 2.37. The second-order valence-corrected chi connectivity index (χ2v) is 15.3. The molecule has 0 saturated heterocycles. The maximum atomic E-state index is 5.26. The van der Waals surface area contributed by atoms with E-state index >= 15 is 0 Å². The van der Waals surface area contributed by atoms with Crippen molar-refractivity contribution in [2.75, 3.05) is 5.32 Å². The molecule has 0 spiro atoms. The van der Waals surface area contributed by atoms with Gasteiger partial charge in [0.2, 0.25) is 0 Å². The number of fused-ring (bicyclic) bond motifs is 2. The summed E-state index contributed by atoms with van der Waals surface area (Å²) in [5.41, 5.74) is 7.07.